The molecule has 2 fully saturated rings. The molecule has 0 spiro atoms. The fourth-order valence-corrected chi connectivity index (χ4v) is 2.92. The Morgan fingerprint density at radius 2 is 1.88 bits per heavy atom. The number of carbonyl (C=O) groups excluding carboxylic acids is 2. The van der Waals surface area contributed by atoms with Crippen LogP contribution in [0.1, 0.15) is 38.5 Å². The summed E-state index contributed by atoms with van der Waals surface area (Å²) in [6, 6.07) is 0. The SMILES string of the molecule is COC(=O)[C@@]12CCCCCN(CCC1)C2=O. The molecule has 0 aromatic rings. The standard InChI is InChI=1S/C12H19NO3/c1-16-11(15)12-6-3-2-4-8-13(10(12)14)9-5-7-12/h2-9H2,1H3/t12-/m0/s1. The Morgan fingerprint density at radius 1 is 1.19 bits per heavy atom. The summed E-state index contributed by atoms with van der Waals surface area (Å²) in [7, 11) is 1.38. The zero-order valence-corrected chi connectivity index (χ0v) is 9.83. The number of nitrogens with zero attached hydrogens (tertiary/aromatic N) is 1. The van der Waals surface area contributed by atoms with Gasteiger partial charge in [0.15, 0.2) is 0 Å². The summed E-state index contributed by atoms with van der Waals surface area (Å²) < 4.78 is 4.85. The smallest absolute Gasteiger partial charge is 0.321 e. The first-order valence-corrected chi connectivity index (χ1v) is 6.08. The Labute approximate surface area is 95.9 Å². The van der Waals surface area contributed by atoms with Crippen molar-refractivity contribution in [2.45, 2.75) is 38.5 Å². The summed E-state index contributed by atoms with van der Waals surface area (Å²) in [5.74, 6) is -0.325. The van der Waals surface area contributed by atoms with E-state index < -0.39 is 5.41 Å². The van der Waals surface area contributed by atoms with E-state index in [-0.39, 0.29) is 11.9 Å². The molecule has 1 atom stereocenters. The highest BCUT2D eigenvalue weighted by molar-refractivity contribution is 6.03. The van der Waals surface area contributed by atoms with Crippen LogP contribution in [0.15, 0.2) is 0 Å². The molecule has 0 aromatic carbocycles. The third kappa shape index (κ3) is 1.70. The number of methoxy groups -OCH3 is 1. The molecule has 90 valence electrons. The van der Waals surface area contributed by atoms with E-state index in [0.717, 1.165) is 38.8 Å². The summed E-state index contributed by atoms with van der Waals surface area (Å²) in [5.41, 5.74) is -0.854. The van der Waals surface area contributed by atoms with Crippen LogP contribution in [-0.4, -0.2) is 37.0 Å². The van der Waals surface area contributed by atoms with Crippen LogP contribution in [0.25, 0.3) is 0 Å². The first kappa shape index (κ1) is 11.4. The number of fused-ring (bicyclic) bond motifs is 2. The van der Waals surface area contributed by atoms with Crippen molar-refractivity contribution in [2.75, 3.05) is 20.2 Å². The molecule has 2 aliphatic rings. The second-order valence-corrected chi connectivity index (χ2v) is 4.78. The molecule has 0 aliphatic carbocycles. The van der Waals surface area contributed by atoms with Crippen LogP contribution in [0.2, 0.25) is 0 Å². The van der Waals surface area contributed by atoms with Crippen molar-refractivity contribution in [1.82, 2.24) is 4.90 Å². The van der Waals surface area contributed by atoms with E-state index in [4.69, 9.17) is 4.74 Å². The lowest BCUT2D eigenvalue weighted by molar-refractivity contribution is -0.168. The van der Waals surface area contributed by atoms with Crippen molar-refractivity contribution in [3.63, 3.8) is 0 Å². The molecule has 2 bridgehead atoms. The highest BCUT2D eigenvalue weighted by Gasteiger charge is 2.50. The van der Waals surface area contributed by atoms with E-state index >= 15 is 0 Å². The van der Waals surface area contributed by atoms with E-state index in [1.807, 2.05) is 4.90 Å². The lowest BCUT2D eigenvalue weighted by Crippen LogP contribution is -2.54. The van der Waals surface area contributed by atoms with Gasteiger partial charge in [0.1, 0.15) is 5.41 Å². The minimum absolute atomic E-state index is 0.00491. The molecule has 2 rings (SSSR count). The van der Waals surface area contributed by atoms with Gasteiger partial charge in [0, 0.05) is 13.1 Å². The monoisotopic (exact) mass is 225 g/mol. The number of carbonyl (C=O) groups is 2. The maximum absolute atomic E-state index is 12.3. The van der Waals surface area contributed by atoms with Crippen molar-refractivity contribution >= 4 is 11.9 Å². The Hall–Kier alpha value is -1.06. The average molecular weight is 225 g/mol. The highest BCUT2D eigenvalue weighted by Crippen LogP contribution is 2.39. The van der Waals surface area contributed by atoms with Gasteiger partial charge >= 0.3 is 5.97 Å². The maximum atomic E-state index is 12.3. The number of hydrogen-bond acceptors (Lipinski definition) is 3. The molecule has 4 heteroatoms. The largest absolute Gasteiger partial charge is 0.468 e. The van der Waals surface area contributed by atoms with Crippen LogP contribution in [0.4, 0.5) is 0 Å². The topological polar surface area (TPSA) is 46.6 Å². The zero-order valence-electron chi connectivity index (χ0n) is 9.83. The molecule has 2 aliphatic heterocycles. The van der Waals surface area contributed by atoms with E-state index in [2.05, 4.69) is 0 Å². The number of hydrogen-bond donors (Lipinski definition) is 0. The van der Waals surface area contributed by atoms with Crippen molar-refractivity contribution in [1.29, 1.82) is 0 Å². The Morgan fingerprint density at radius 3 is 2.62 bits per heavy atom. The fourth-order valence-electron chi connectivity index (χ4n) is 2.92. The Balaban J connectivity index is 2.29. The van der Waals surface area contributed by atoms with Crippen LogP contribution in [-0.2, 0) is 14.3 Å². The second kappa shape index (κ2) is 4.44. The van der Waals surface area contributed by atoms with Crippen molar-refractivity contribution in [2.24, 2.45) is 5.41 Å². The van der Waals surface area contributed by atoms with Crippen LogP contribution in [0.3, 0.4) is 0 Å². The number of rotatable bonds is 1. The normalized spacial score (nSPS) is 30.6. The first-order chi connectivity index (χ1) is 7.70. The summed E-state index contributed by atoms with van der Waals surface area (Å²) in [5, 5.41) is 0. The molecular formula is C12H19NO3. The molecule has 0 aromatic heterocycles. The molecule has 0 radical (unpaired) electrons. The third-order valence-corrected chi connectivity index (χ3v) is 3.84. The lowest BCUT2D eigenvalue weighted by Gasteiger charge is -2.41. The minimum Gasteiger partial charge on any atom is -0.468 e. The van der Waals surface area contributed by atoms with Crippen LogP contribution >= 0.6 is 0 Å². The van der Waals surface area contributed by atoms with Crippen LogP contribution < -0.4 is 0 Å². The van der Waals surface area contributed by atoms with Gasteiger partial charge in [0.05, 0.1) is 7.11 Å². The van der Waals surface area contributed by atoms with Gasteiger partial charge in [0.2, 0.25) is 5.91 Å². The van der Waals surface area contributed by atoms with Crippen LogP contribution in [0.5, 0.6) is 0 Å². The molecule has 0 N–H and O–H groups in total. The fraction of sp³-hybridized carbons (Fsp3) is 0.833. The molecule has 0 unspecified atom stereocenters. The van der Waals surface area contributed by atoms with Gasteiger partial charge in [-0.25, -0.2) is 0 Å². The number of ether oxygens (including phenoxy) is 1. The van der Waals surface area contributed by atoms with Gasteiger partial charge in [-0.2, -0.15) is 0 Å². The predicted molar refractivity (Wildman–Crippen MR) is 58.7 cm³/mol. The van der Waals surface area contributed by atoms with Gasteiger partial charge in [-0.15, -0.1) is 0 Å². The van der Waals surface area contributed by atoms with Crippen molar-refractivity contribution < 1.29 is 14.3 Å². The lowest BCUT2D eigenvalue weighted by atomic mass is 9.74. The van der Waals surface area contributed by atoms with Gasteiger partial charge in [-0.05, 0) is 25.7 Å². The van der Waals surface area contributed by atoms with E-state index in [1.54, 1.807) is 0 Å². The maximum Gasteiger partial charge on any atom is 0.321 e. The van der Waals surface area contributed by atoms with E-state index in [9.17, 15) is 9.59 Å². The summed E-state index contributed by atoms with van der Waals surface area (Å²) in [6.45, 7) is 1.61. The molecule has 2 heterocycles. The molecule has 1 amide bonds. The van der Waals surface area contributed by atoms with E-state index in [1.165, 1.54) is 7.11 Å². The summed E-state index contributed by atoms with van der Waals surface area (Å²) in [6.07, 6.45) is 5.35. The van der Waals surface area contributed by atoms with Gasteiger partial charge < -0.3 is 9.64 Å². The number of amides is 1. The number of piperidine rings is 1. The average Bonchev–Trinajstić information content (AvgIpc) is 2.31. The van der Waals surface area contributed by atoms with Gasteiger partial charge in [-0.1, -0.05) is 12.8 Å². The Bertz CT molecular complexity index is 303. The Kier molecular flexibility index (Phi) is 3.17. The molecule has 16 heavy (non-hydrogen) atoms. The second-order valence-electron chi connectivity index (χ2n) is 4.78. The van der Waals surface area contributed by atoms with Gasteiger partial charge in [-0.3, -0.25) is 9.59 Å². The molecule has 4 nitrogen and oxygen atoms in total. The summed E-state index contributed by atoms with van der Waals surface area (Å²) in [4.78, 5) is 26.1. The first-order valence-electron chi connectivity index (χ1n) is 6.08. The molecule has 2 saturated heterocycles. The molecular weight excluding hydrogens is 206 g/mol. The quantitative estimate of drug-likeness (QED) is 0.500. The highest BCUT2D eigenvalue weighted by atomic mass is 16.5. The predicted octanol–water partition coefficient (Wildman–Crippen LogP) is 1.34. The third-order valence-electron chi connectivity index (χ3n) is 3.84. The summed E-state index contributed by atoms with van der Waals surface area (Å²) >= 11 is 0. The van der Waals surface area contributed by atoms with E-state index in [0.29, 0.717) is 12.8 Å². The zero-order chi connectivity index (χ0) is 11.6. The van der Waals surface area contributed by atoms with Crippen molar-refractivity contribution in [3.05, 3.63) is 0 Å². The minimum atomic E-state index is -0.854. The van der Waals surface area contributed by atoms with Crippen LogP contribution in [0, 0.1) is 5.41 Å². The van der Waals surface area contributed by atoms with Gasteiger partial charge in [0.25, 0.3) is 0 Å². The molecule has 0 saturated carbocycles. The van der Waals surface area contributed by atoms with Crippen molar-refractivity contribution in [3.8, 4) is 0 Å². The number of esters is 1.